The molecule has 0 bridgehead atoms. The summed E-state index contributed by atoms with van der Waals surface area (Å²) in [6, 6.07) is 2.68. The minimum Gasteiger partial charge on any atom is -0.515 e. The Hall–Kier alpha value is -3.93. The topological polar surface area (TPSA) is 179 Å². The predicted molar refractivity (Wildman–Crippen MR) is 127 cm³/mol. The van der Waals surface area contributed by atoms with E-state index in [-0.39, 0.29) is 5.57 Å². The molecule has 11 nitrogen and oxygen atoms in total. The summed E-state index contributed by atoms with van der Waals surface area (Å²) < 4.78 is -0.774. The smallest absolute Gasteiger partial charge is 0.327 e. The van der Waals surface area contributed by atoms with Gasteiger partial charge in [0.1, 0.15) is 23.2 Å². The Morgan fingerprint density at radius 2 is 1.80 bits per heavy atom. The molecule has 5 N–H and O–H groups in total. The van der Waals surface area contributed by atoms with Gasteiger partial charge in [0.25, 0.3) is 0 Å². The number of allylic oxidation sites excluding steroid dienone is 3. The predicted octanol–water partition coefficient (Wildman–Crippen LogP) is 0.533. The highest BCUT2D eigenvalue weighted by Gasteiger charge is 2.64. The molecule has 0 radical (unpaired) electrons. The van der Waals surface area contributed by atoms with Crippen molar-refractivity contribution in [3.8, 4) is 0 Å². The molecule has 3 aliphatic rings. The van der Waals surface area contributed by atoms with Gasteiger partial charge < -0.3 is 26.2 Å². The lowest BCUT2D eigenvalue weighted by Gasteiger charge is -2.43. The molecule has 2 amide bonds. The van der Waals surface area contributed by atoms with E-state index in [1.54, 1.807) is 13.8 Å². The number of benzene rings is 1. The maximum atomic E-state index is 13.4. The van der Waals surface area contributed by atoms with E-state index in [0.717, 1.165) is 12.2 Å². The van der Waals surface area contributed by atoms with Crippen LogP contribution in [0.5, 0.6) is 0 Å². The Kier molecular flexibility index (Phi) is 6.01. The fourth-order valence-electron chi connectivity index (χ4n) is 4.30. The fraction of sp³-hybridized carbons (Fsp3) is 0.304. The van der Waals surface area contributed by atoms with Crippen molar-refractivity contribution in [2.24, 2.45) is 4.99 Å². The molecule has 2 fully saturated rings. The first-order valence-electron chi connectivity index (χ1n) is 10.5. The van der Waals surface area contributed by atoms with Crippen molar-refractivity contribution in [3.05, 3.63) is 53.8 Å². The van der Waals surface area contributed by atoms with Crippen molar-refractivity contribution in [3.63, 3.8) is 0 Å². The Labute approximate surface area is 203 Å². The maximum Gasteiger partial charge on any atom is 0.327 e. The van der Waals surface area contributed by atoms with Crippen LogP contribution in [0.25, 0.3) is 0 Å². The average molecular weight is 499 g/mol. The summed E-state index contributed by atoms with van der Waals surface area (Å²) in [6.07, 6.45) is 2.43. The number of nitrogens with zero attached hydrogens (tertiary/aromatic N) is 2. The van der Waals surface area contributed by atoms with Crippen LogP contribution in [0.2, 0.25) is 0 Å². The zero-order valence-corrected chi connectivity index (χ0v) is 19.5. The molecule has 182 valence electrons. The first-order chi connectivity index (χ1) is 16.5. The number of rotatable bonds is 5. The van der Waals surface area contributed by atoms with E-state index in [4.69, 9.17) is 5.73 Å². The van der Waals surface area contributed by atoms with Gasteiger partial charge in [-0.25, -0.2) is 4.79 Å². The second-order valence-corrected chi connectivity index (χ2v) is 10.5. The van der Waals surface area contributed by atoms with E-state index in [2.05, 4.69) is 10.3 Å². The minimum atomic E-state index is -1.36. The molecule has 12 heteroatoms. The number of carboxylic acids is 1. The number of aliphatic hydroxyl groups excluding tert-OH is 1. The summed E-state index contributed by atoms with van der Waals surface area (Å²) in [4.78, 5) is 67.8. The summed E-state index contributed by atoms with van der Waals surface area (Å²) in [5.74, 6) is -3.76. The van der Waals surface area contributed by atoms with Crippen LogP contribution in [0.1, 0.15) is 25.5 Å². The molecule has 1 aromatic carbocycles. The quantitative estimate of drug-likeness (QED) is 0.195. The van der Waals surface area contributed by atoms with Gasteiger partial charge in [-0.2, -0.15) is 0 Å². The monoisotopic (exact) mass is 498 g/mol. The Balaban J connectivity index is 1.66. The van der Waals surface area contributed by atoms with Crippen molar-refractivity contribution in [2.75, 3.05) is 5.73 Å². The molecule has 35 heavy (non-hydrogen) atoms. The number of aliphatic hydroxyl groups is 1. The number of carbonyl (C=O) groups excluding carboxylic acids is 4. The summed E-state index contributed by atoms with van der Waals surface area (Å²) >= 11 is 1.26. The van der Waals surface area contributed by atoms with Crippen molar-refractivity contribution in [1.82, 2.24) is 10.2 Å². The molecular formula is C23H22N4O7S. The maximum absolute atomic E-state index is 13.4. The number of nitrogens with one attached hydrogen (secondary N) is 1. The van der Waals surface area contributed by atoms with Gasteiger partial charge in [-0.15, -0.1) is 11.8 Å². The van der Waals surface area contributed by atoms with E-state index >= 15 is 0 Å². The third kappa shape index (κ3) is 4.09. The molecule has 4 rings (SSSR count). The van der Waals surface area contributed by atoms with Gasteiger partial charge in [0.15, 0.2) is 11.8 Å². The van der Waals surface area contributed by atoms with E-state index in [1.165, 1.54) is 40.9 Å². The van der Waals surface area contributed by atoms with Gasteiger partial charge in [0.05, 0.1) is 11.8 Å². The number of ketones is 2. The van der Waals surface area contributed by atoms with Crippen LogP contribution in [0.15, 0.2) is 53.2 Å². The normalized spacial score (nSPS) is 28.1. The number of anilines is 1. The van der Waals surface area contributed by atoms with Crippen LogP contribution in [-0.2, 0) is 24.0 Å². The van der Waals surface area contributed by atoms with Crippen molar-refractivity contribution in [1.29, 1.82) is 0 Å². The van der Waals surface area contributed by atoms with Crippen LogP contribution < -0.4 is 11.1 Å². The third-order valence-corrected chi connectivity index (χ3v) is 7.57. The first-order valence-corrected chi connectivity index (χ1v) is 11.4. The highest BCUT2D eigenvalue weighted by molar-refractivity contribution is 8.01. The zero-order valence-electron chi connectivity index (χ0n) is 18.7. The number of hydrogen-bond donors (Lipinski definition) is 4. The highest BCUT2D eigenvalue weighted by Crippen LogP contribution is 2.50. The number of amides is 2. The molecule has 0 unspecified atom stereocenters. The molecule has 0 saturated carbocycles. The number of aliphatic carboxylic acids is 1. The Morgan fingerprint density at radius 3 is 2.40 bits per heavy atom. The summed E-state index contributed by atoms with van der Waals surface area (Å²) in [5, 5.41) is 21.1. The largest absolute Gasteiger partial charge is 0.515 e. The number of nitrogens with two attached hydrogens (primary N) is 1. The van der Waals surface area contributed by atoms with Crippen LogP contribution >= 0.6 is 11.8 Å². The Morgan fingerprint density at radius 1 is 1.17 bits per heavy atom. The fourth-order valence-corrected chi connectivity index (χ4v) is 5.92. The van der Waals surface area contributed by atoms with Crippen LogP contribution in [0, 0.1) is 0 Å². The van der Waals surface area contributed by atoms with Gasteiger partial charge >= 0.3 is 5.97 Å². The molecule has 2 heterocycles. The number of hydrogen-bond acceptors (Lipinski definition) is 9. The molecule has 1 aliphatic carbocycles. The standard InChI is InChI=1S/C23H22N4O7S/c1-23(2)18(22(33)34)27-20(32)17(21(27)35-23)26-19(31)15(10-3-5-11(24)6-4-10)25-16-12(9-28)13(29)7-8-14(16)30/h3-9,15,17-18,21,28H,24H2,1-2H3,(H,26,31)(H,33,34)/b12-9-,25-16?/t15-,17-,18+,21-/m1/s1. The number of fused-ring (bicyclic) bond motifs is 1. The van der Waals surface area contributed by atoms with Crippen LogP contribution in [0.3, 0.4) is 0 Å². The van der Waals surface area contributed by atoms with E-state index in [1.807, 2.05) is 0 Å². The molecule has 4 atom stereocenters. The summed E-state index contributed by atoms with van der Waals surface area (Å²) in [5.41, 5.74) is 5.70. The van der Waals surface area contributed by atoms with Gasteiger partial charge in [0, 0.05) is 10.4 Å². The van der Waals surface area contributed by atoms with Gasteiger partial charge in [-0.1, -0.05) is 12.1 Å². The zero-order chi connectivity index (χ0) is 25.7. The van der Waals surface area contributed by atoms with Gasteiger partial charge in [0.2, 0.25) is 17.6 Å². The van der Waals surface area contributed by atoms with E-state index < -0.39 is 63.3 Å². The molecule has 1 aromatic rings. The highest BCUT2D eigenvalue weighted by atomic mass is 32.2. The van der Waals surface area contributed by atoms with Crippen molar-refractivity contribution >= 4 is 52.5 Å². The molecular weight excluding hydrogens is 476 g/mol. The number of β-lactam (4-membered cyclic amide) rings is 1. The van der Waals surface area contributed by atoms with Gasteiger partial charge in [-0.3, -0.25) is 24.2 Å². The number of carboxylic acid groups (broad SMARTS) is 1. The lowest BCUT2D eigenvalue weighted by Crippen LogP contribution is -2.70. The Bertz CT molecular complexity index is 1230. The molecule has 2 saturated heterocycles. The van der Waals surface area contributed by atoms with E-state index in [0.29, 0.717) is 17.5 Å². The molecule has 0 spiro atoms. The number of nitrogen functional groups attached to an aromatic ring is 1. The molecule has 2 aliphatic heterocycles. The minimum absolute atomic E-state index is 0.322. The summed E-state index contributed by atoms with van der Waals surface area (Å²) in [6.45, 7) is 3.43. The van der Waals surface area contributed by atoms with Crippen LogP contribution in [-0.4, -0.2) is 72.4 Å². The van der Waals surface area contributed by atoms with Crippen molar-refractivity contribution < 1.29 is 34.2 Å². The second-order valence-electron chi connectivity index (χ2n) is 8.74. The lowest BCUT2D eigenvalue weighted by molar-refractivity contribution is -0.161. The first kappa shape index (κ1) is 24.2. The number of aliphatic imine (C=N–C) groups is 1. The number of thioether (sulfide) groups is 1. The third-order valence-electron chi connectivity index (χ3n) is 6.00. The van der Waals surface area contributed by atoms with Crippen molar-refractivity contribution in [2.45, 2.75) is 42.1 Å². The lowest BCUT2D eigenvalue weighted by atomic mass is 9.95. The number of carbonyl (C=O) groups is 5. The van der Waals surface area contributed by atoms with Gasteiger partial charge in [-0.05, 0) is 43.7 Å². The average Bonchev–Trinajstić information content (AvgIpc) is 3.06. The summed E-state index contributed by atoms with van der Waals surface area (Å²) in [7, 11) is 0. The SMILES string of the molecule is CC1(C)S[C@@H]2[C@H](NC(=O)[C@H](N=C3C(=O)C=CC(=O)/C3=C/O)c3ccc(N)cc3)C(=O)N2[C@H]1C(=O)O. The second kappa shape index (κ2) is 8.69. The van der Waals surface area contributed by atoms with Crippen LogP contribution in [0.4, 0.5) is 5.69 Å². The molecule has 0 aromatic heterocycles. The van der Waals surface area contributed by atoms with E-state index in [9.17, 15) is 34.2 Å².